The Balaban J connectivity index is 2.00. The molecule has 1 N–H and O–H groups in total. The molecule has 0 spiro atoms. The van der Waals surface area contributed by atoms with Crippen molar-refractivity contribution < 1.29 is 5.11 Å². The van der Waals surface area contributed by atoms with Gasteiger partial charge < -0.3 is 5.11 Å². The average molecular weight is 370 g/mol. The monoisotopic (exact) mass is 369 g/mol. The Morgan fingerprint density at radius 3 is 1.61 bits per heavy atom. The van der Waals surface area contributed by atoms with E-state index in [4.69, 9.17) is 0 Å². The van der Waals surface area contributed by atoms with Gasteiger partial charge in [-0.1, -0.05) is 103 Å². The minimum Gasteiger partial charge on any atom is -0.378 e. The maximum Gasteiger partial charge on any atom is 0.120 e. The highest BCUT2D eigenvalue weighted by Crippen LogP contribution is 2.25. The Kier molecular flexibility index (Phi) is 6.66. The van der Waals surface area contributed by atoms with Crippen LogP contribution in [0.25, 0.3) is 0 Å². The Morgan fingerprint density at radius 2 is 1.18 bits per heavy atom. The van der Waals surface area contributed by atoms with Crippen LogP contribution in [-0.4, -0.2) is 15.6 Å². The lowest BCUT2D eigenvalue weighted by Crippen LogP contribution is -2.28. The van der Waals surface area contributed by atoms with E-state index in [-0.39, 0.29) is 6.04 Å². The Labute approximate surface area is 168 Å². The highest BCUT2D eigenvalue weighted by Gasteiger charge is 2.20. The third kappa shape index (κ3) is 6.09. The van der Waals surface area contributed by atoms with Gasteiger partial charge in [0.15, 0.2) is 0 Å². The summed E-state index contributed by atoms with van der Waals surface area (Å²) in [7, 11) is 0. The Bertz CT molecular complexity index is 861. The molecule has 2 heteroatoms. The van der Waals surface area contributed by atoms with Gasteiger partial charge in [0.1, 0.15) is 5.60 Å². The molecule has 3 aromatic rings. The van der Waals surface area contributed by atoms with Crippen molar-refractivity contribution in [3.8, 4) is 11.8 Å². The Morgan fingerprint density at radius 1 is 0.750 bits per heavy atom. The standard InChI is InChI=1S/C26H27NO/c1-26(2,28)19-18-25(24-16-10-5-11-17-24)27(20-22-12-6-3-7-13-22)21-23-14-8-4-9-15-23/h3-17,25,28H,20-21H2,1-2H3/t25-/m0/s1. The van der Waals surface area contributed by atoms with Gasteiger partial charge in [-0.15, -0.1) is 0 Å². The van der Waals surface area contributed by atoms with E-state index in [0.717, 1.165) is 18.7 Å². The third-order valence-corrected chi connectivity index (χ3v) is 4.45. The average Bonchev–Trinajstić information content (AvgIpc) is 2.69. The van der Waals surface area contributed by atoms with Crippen molar-refractivity contribution in [3.63, 3.8) is 0 Å². The summed E-state index contributed by atoms with van der Waals surface area (Å²) in [5.41, 5.74) is 2.58. The first-order chi connectivity index (χ1) is 13.5. The maximum absolute atomic E-state index is 10.2. The number of nitrogens with zero attached hydrogens (tertiary/aromatic N) is 1. The molecule has 0 aliphatic rings. The van der Waals surface area contributed by atoms with Crippen molar-refractivity contribution in [2.45, 2.75) is 38.6 Å². The molecule has 0 heterocycles. The van der Waals surface area contributed by atoms with Crippen LogP contribution in [0.5, 0.6) is 0 Å². The molecule has 0 radical (unpaired) electrons. The highest BCUT2D eigenvalue weighted by atomic mass is 16.3. The molecule has 3 aromatic carbocycles. The lowest BCUT2D eigenvalue weighted by atomic mass is 10.0. The zero-order valence-electron chi connectivity index (χ0n) is 16.5. The van der Waals surface area contributed by atoms with Gasteiger partial charge >= 0.3 is 0 Å². The number of aliphatic hydroxyl groups is 1. The molecule has 142 valence electrons. The first kappa shape index (κ1) is 19.9. The van der Waals surface area contributed by atoms with Gasteiger partial charge in [-0.2, -0.15) is 0 Å². The molecule has 1 atom stereocenters. The molecule has 2 nitrogen and oxygen atoms in total. The Hall–Kier alpha value is -2.86. The minimum atomic E-state index is -1.03. The molecule has 3 rings (SSSR count). The number of hydrogen-bond acceptors (Lipinski definition) is 2. The van der Waals surface area contributed by atoms with Gasteiger partial charge in [-0.05, 0) is 30.5 Å². The summed E-state index contributed by atoms with van der Waals surface area (Å²) in [5.74, 6) is 6.38. The van der Waals surface area contributed by atoms with Crippen LogP contribution >= 0.6 is 0 Å². The summed E-state index contributed by atoms with van der Waals surface area (Å²) in [6.45, 7) is 4.99. The SMILES string of the molecule is CC(C)(O)C#C[C@@H](c1ccccc1)N(Cc1ccccc1)Cc1ccccc1. The molecule has 0 bridgehead atoms. The second kappa shape index (κ2) is 9.37. The van der Waals surface area contributed by atoms with E-state index >= 15 is 0 Å². The molecule has 0 aliphatic carbocycles. The molecule has 0 amide bonds. The predicted molar refractivity (Wildman–Crippen MR) is 115 cm³/mol. The first-order valence-corrected chi connectivity index (χ1v) is 9.63. The van der Waals surface area contributed by atoms with Gasteiger partial charge in [0.25, 0.3) is 0 Å². The fourth-order valence-electron chi connectivity index (χ4n) is 3.14. The van der Waals surface area contributed by atoms with Gasteiger partial charge in [0.05, 0.1) is 6.04 Å². The van der Waals surface area contributed by atoms with E-state index in [0.29, 0.717) is 0 Å². The highest BCUT2D eigenvalue weighted by molar-refractivity contribution is 5.30. The van der Waals surface area contributed by atoms with E-state index < -0.39 is 5.60 Å². The molecular formula is C26H27NO. The first-order valence-electron chi connectivity index (χ1n) is 9.63. The lowest BCUT2D eigenvalue weighted by Gasteiger charge is -2.29. The van der Waals surface area contributed by atoms with Crippen molar-refractivity contribution in [2.75, 3.05) is 0 Å². The summed E-state index contributed by atoms with van der Waals surface area (Å²) < 4.78 is 0. The van der Waals surface area contributed by atoms with Crippen LogP contribution in [0.4, 0.5) is 0 Å². The lowest BCUT2D eigenvalue weighted by molar-refractivity contribution is 0.142. The van der Waals surface area contributed by atoms with Crippen molar-refractivity contribution in [1.82, 2.24) is 4.90 Å². The van der Waals surface area contributed by atoms with Gasteiger partial charge in [-0.3, -0.25) is 4.90 Å². The van der Waals surface area contributed by atoms with Crippen LogP contribution in [-0.2, 0) is 13.1 Å². The molecule has 0 aromatic heterocycles. The summed E-state index contributed by atoms with van der Waals surface area (Å²) in [4.78, 5) is 2.36. The molecule has 0 saturated heterocycles. The second-order valence-corrected chi connectivity index (χ2v) is 7.52. The van der Waals surface area contributed by atoms with Gasteiger partial charge in [0, 0.05) is 13.1 Å². The normalized spacial score (nSPS) is 12.3. The number of rotatable bonds is 6. The molecular weight excluding hydrogens is 342 g/mol. The molecule has 0 unspecified atom stereocenters. The summed E-state index contributed by atoms with van der Waals surface area (Å²) in [5, 5.41) is 10.2. The van der Waals surface area contributed by atoms with Crippen LogP contribution in [0.2, 0.25) is 0 Å². The van der Waals surface area contributed by atoms with Crippen LogP contribution in [0, 0.1) is 11.8 Å². The van der Waals surface area contributed by atoms with Crippen LogP contribution in [0.15, 0.2) is 91.0 Å². The third-order valence-electron chi connectivity index (χ3n) is 4.45. The quantitative estimate of drug-likeness (QED) is 0.603. The van der Waals surface area contributed by atoms with Crippen molar-refractivity contribution in [2.24, 2.45) is 0 Å². The van der Waals surface area contributed by atoms with Crippen molar-refractivity contribution >= 4 is 0 Å². The zero-order chi connectivity index (χ0) is 19.8. The smallest absolute Gasteiger partial charge is 0.120 e. The second-order valence-electron chi connectivity index (χ2n) is 7.52. The number of hydrogen-bond donors (Lipinski definition) is 1. The van der Waals surface area contributed by atoms with E-state index in [1.54, 1.807) is 13.8 Å². The molecule has 0 fully saturated rings. The predicted octanol–water partition coefficient (Wildman–Crippen LogP) is 5.20. The van der Waals surface area contributed by atoms with Gasteiger partial charge in [-0.25, -0.2) is 0 Å². The molecule has 0 aliphatic heterocycles. The molecule has 28 heavy (non-hydrogen) atoms. The van der Waals surface area contributed by atoms with Crippen LogP contribution in [0.3, 0.4) is 0 Å². The van der Waals surface area contributed by atoms with E-state index in [2.05, 4.69) is 77.4 Å². The fourth-order valence-corrected chi connectivity index (χ4v) is 3.14. The van der Waals surface area contributed by atoms with E-state index in [1.807, 2.05) is 30.3 Å². The van der Waals surface area contributed by atoms with Crippen LogP contribution < -0.4 is 0 Å². The minimum absolute atomic E-state index is 0.118. The number of benzene rings is 3. The van der Waals surface area contributed by atoms with E-state index in [9.17, 15) is 5.11 Å². The van der Waals surface area contributed by atoms with Crippen LogP contribution in [0.1, 0.15) is 36.6 Å². The zero-order valence-corrected chi connectivity index (χ0v) is 16.5. The largest absolute Gasteiger partial charge is 0.378 e. The maximum atomic E-state index is 10.2. The summed E-state index contributed by atoms with van der Waals surface area (Å²) in [6.07, 6.45) is 0. The molecule has 0 saturated carbocycles. The summed E-state index contributed by atoms with van der Waals surface area (Å²) in [6, 6.07) is 31.1. The van der Waals surface area contributed by atoms with Gasteiger partial charge in [0.2, 0.25) is 0 Å². The summed E-state index contributed by atoms with van der Waals surface area (Å²) >= 11 is 0. The van der Waals surface area contributed by atoms with E-state index in [1.165, 1.54) is 11.1 Å². The topological polar surface area (TPSA) is 23.5 Å². The fraction of sp³-hybridized carbons (Fsp3) is 0.231. The van der Waals surface area contributed by atoms with Crippen molar-refractivity contribution in [3.05, 3.63) is 108 Å². The van der Waals surface area contributed by atoms with Crippen molar-refractivity contribution in [1.29, 1.82) is 0 Å².